The van der Waals surface area contributed by atoms with Gasteiger partial charge in [0.05, 0.1) is 7.11 Å². The van der Waals surface area contributed by atoms with Gasteiger partial charge in [0.15, 0.2) is 0 Å². The first-order valence-electron chi connectivity index (χ1n) is 9.36. The molecule has 5 nitrogen and oxygen atoms in total. The van der Waals surface area contributed by atoms with E-state index in [1.165, 1.54) is 26.4 Å². The van der Waals surface area contributed by atoms with Crippen molar-refractivity contribution in [3.8, 4) is 0 Å². The number of Topliss-reactive ketones (excluding diaryl/α,β-unsaturated/α-hetero) is 1. The molecular formula is C19H29NO4. The van der Waals surface area contributed by atoms with Crippen LogP contribution in [-0.2, 0) is 19.1 Å². The lowest BCUT2D eigenvalue weighted by atomic mass is 9.49. The number of hydrogen-bond acceptors (Lipinski definition) is 4. The Morgan fingerprint density at radius 2 is 1.62 bits per heavy atom. The van der Waals surface area contributed by atoms with E-state index in [2.05, 4.69) is 5.32 Å². The van der Waals surface area contributed by atoms with Crippen molar-refractivity contribution in [2.45, 2.75) is 70.8 Å². The summed E-state index contributed by atoms with van der Waals surface area (Å²) in [7, 11) is 1.33. The van der Waals surface area contributed by atoms with Gasteiger partial charge in [-0.05, 0) is 62.7 Å². The molecule has 24 heavy (non-hydrogen) atoms. The normalized spacial score (nSPS) is 34.7. The number of rotatable bonds is 7. The lowest BCUT2D eigenvalue weighted by Gasteiger charge is -2.55. The Kier molecular flexibility index (Phi) is 4.97. The van der Waals surface area contributed by atoms with Gasteiger partial charge in [-0.1, -0.05) is 6.92 Å². The Labute approximate surface area is 143 Å². The van der Waals surface area contributed by atoms with Crippen molar-refractivity contribution in [3.05, 3.63) is 0 Å². The summed E-state index contributed by atoms with van der Waals surface area (Å²) < 4.78 is 4.83. The zero-order valence-electron chi connectivity index (χ0n) is 14.8. The number of carbonyl (C=O) groups excluding carboxylic acids is 3. The van der Waals surface area contributed by atoms with Crippen LogP contribution in [0.15, 0.2) is 0 Å². The van der Waals surface area contributed by atoms with Crippen LogP contribution in [-0.4, -0.2) is 30.8 Å². The van der Waals surface area contributed by atoms with E-state index in [1.54, 1.807) is 0 Å². The van der Waals surface area contributed by atoms with Crippen molar-refractivity contribution in [1.29, 1.82) is 0 Å². The van der Waals surface area contributed by atoms with E-state index in [-0.39, 0.29) is 17.1 Å². The monoisotopic (exact) mass is 335 g/mol. The average molecular weight is 335 g/mol. The van der Waals surface area contributed by atoms with Gasteiger partial charge in [0.25, 0.3) is 0 Å². The molecule has 0 radical (unpaired) electrons. The number of esters is 1. The van der Waals surface area contributed by atoms with Crippen LogP contribution in [0.25, 0.3) is 0 Å². The molecule has 1 amide bonds. The van der Waals surface area contributed by atoms with Gasteiger partial charge in [-0.3, -0.25) is 9.59 Å². The molecule has 4 saturated carbocycles. The molecule has 5 heteroatoms. The van der Waals surface area contributed by atoms with Crippen molar-refractivity contribution in [2.75, 3.05) is 7.11 Å². The summed E-state index contributed by atoms with van der Waals surface area (Å²) in [6, 6.07) is -0.703. The Morgan fingerprint density at radius 3 is 2.08 bits per heavy atom. The maximum atomic E-state index is 13.0. The summed E-state index contributed by atoms with van der Waals surface area (Å²) in [5.41, 5.74) is -0.282. The first kappa shape index (κ1) is 17.4. The highest BCUT2D eigenvalue weighted by Gasteiger charge is 2.54. The Balaban J connectivity index is 1.66. The van der Waals surface area contributed by atoms with Gasteiger partial charge in [-0.25, -0.2) is 4.79 Å². The highest BCUT2D eigenvalue weighted by Crippen LogP contribution is 2.60. The predicted octanol–water partition coefficient (Wildman–Crippen LogP) is 2.62. The number of carbonyl (C=O) groups is 3. The third kappa shape index (κ3) is 3.35. The van der Waals surface area contributed by atoms with Crippen molar-refractivity contribution in [2.24, 2.45) is 23.2 Å². The van der Waals surface area contributed by atoms with Gasteiger partial charge < -0.3 is 10.1 Å². The maximum Gasteiger partial charge on any atom is 0.328 e. The lowest BCUT2D eigenvalue weighted by Crippen LogP contribution is -2.56. The molecule has 0 spiro atoms. The number of hydrogen-bond donors (Lipinski definition) is 1. The number of nitrogens with one attached hydrogen (secondary N) is 1. The molecule has 0 heterocycles. The molecule has 0 aromatic heterocycles. The molecule has 1 atom stereocenters. The highest BCUT2D eigenvalue weighted by molar-refractivity contribution is 5.89. The zero-order chi connectivity index (χ0) is 17.3. The summed E-state index contributed by atoms with van der Waals surface area (Å²) >= 11 is 0. The van der Waals surface area contributed by atoms with Crippen molar-refractivity contribution < 1.29 is 19.1 Å². The van der Waals surface area contributed by atoms with Crippen LogP contribution in [0.1, 0.15) is 64.7 Å². The smallest absolute Gasteiger partial charge is 0.328 e. The van der Waals surface area contributed by atoms with Crippen LogP contribution >= 0.6 is 0 Å². The molecule has 4 bridgehead atoms. The van der Waals surface area contributed by atoms with E-state index in [1.807, 2.05) is 6.92 Å². The zero-order valence-corrected chi connectivity index (χ0v) is 14.8. The van der Waals surface area contributed by atoms with E-state index in [4.69, 9.17) is 4.74 Å². The van der Waals surface area contributed by atoms with E-state index < -0.39 is 12.0 Å². The van der Waals surface area contributed by atoms with Crippen molar-refractivity contribution in [1.82, 2.24) is 5.32 Å². The van der Waals surface area contributed by atoms with Gasteiger partial charge >= 0.3 is 5.97 Å². The summed E-state index contributed by atoms with van der Waals surface area (Å²) in [5.74, 6) is 1.71. The fraction of sp³-hybridized carbons (Fsp3) is 0.842. The Morgan fingerprint density at radius 1 is 1.08 bits per heavy atom. The van der Waals surface area contributed by atoms with Gasteiger partial charge in [0.2, 0.25) is 5.91 Å². The molecule has 134 valence electrons. The van der Waals surface area contributed by atoms with Crippen LogP contribution < -0.4 is 5.32 Å². The molecule has 0 unspecified atom stereocenters. The second-order valence-corrected chi connectivity index (χ2v) is 8.18. The standard InChI is InChI=1S/C19H29NO4/c1-3-15(21)4-5-16(17(22)24-2)20-18(23)19-9-12-6-13(10-19)8-14(7-12)11-19/h12-14,16H,3-11H2,1-2H3,(H,20,23)/t12?,13?,14?,16-,19?/m1/s1. The summed E-state index contributed by atoms with van der Waals surface area (Å²) in [5, 5.41) is 2.94. The summed E-state index contributed by atoms with van der Waals surface area (Å²) in [6.07, 6.45) is 7.81. The molecular weight excluding hydrogens is 306 g/mol. The first-order chi connectivity index (χ1) is 11.5. The summed E-state index contributed by atoms with van der Waals surface area (Å²) in [6.45, 7) is 1.81. The first-order valence-corrected chi connectivity index (χ1v) is 9.36. The Bertz CT molecular complexity index is 492. The topological polar surface area (TPSA) is 72.5 Å². The van der Waals surface area contributed by atoms with E-state index in [0.717, 1.165) is 19.3 Å². The molecule has 1 N–H and O–H groups in total. The summed E-state index contributed by atoms with van der Waals surface area (Å²) in [4.78, 5) is 36.6. The minimum absolute atomic E-state index is 0.0148. The van der Waals surface area contributed by atoms with Crippen molar-refractivity contribution in [3.63, 3.8) is 0 Å². The number of ether oxygens (including phenoxy) is 1. The van der Waals surface area contributed by atoms with E-state index in [9.17, 15) is 14.4 Å². The maximum absolute atomic E-state index is 13.0. The molecule has 4 aliphatic carbocycles. The molecule has 4 rings (SSSR count). The second-order valence-electron chi connectivity index (χ2n) is 8.18. The number of amides is 1. The van der Waals surface area contributed by atoms with Crippen LogP contribution in [0.5, 0.6) is 0 Å². The molecule has 4 aliphatic rings. The van der Waals surface area contributed by atoms with Gasteiger partial charge in [-0.2, -0.15) is 0 Å². The van der Waals surface area contributed by atoms with Gasteiger partial charge in [0, 0.05) is 18.3 Å². The SMILES string of the molecule is CCC(=O)CC[C@@H](NC(=O)C12CC3CC(CC(C3)C1)C2)C(=O)OC. The molecule has 4 fully saturated rings. The Hall–Kier alpha value is -1.39. The molecule has 0 aromatic rings. The van der Waals surface area contributed by atoms with E-state index >= 15 is 0 Å². The van der Waals surface area contributed by atoms with Crippen LogP contribution in [0.2, 0.25) is 0 Å². The fourth-order valence-electron chi connectivity index (χ4n) is 5.57. The van der Waals surface area contributed by atoms with Gasteiger partial charge in [0.1, 0.15) is 11.8 Å². The van der Waals surface area contributed by atoms with Crippen molar-refractivity contribution >= 4 is 17.7 Å². The third-order valence-corrected chi connectivity index (χ3v) is 6.42. The number of methoxy groups -OCH3 is 1. The largest absolute Gasteiger partial charge is 0.467 e. The van der Waals surface area contributed by atoms with Gasteiger partial charge in [-0.15, -0.1) is 0 Å². The van der Waals surface area contributed by atoms with E-state index in [0.29, 0.717) is 37.0 Å². The molecule has 0 aliphatic heterocycles. The minimum Gasteiger partial charge on any atom is -0.467 e. The minimum atomic E-state index is -0.703. The third-order valence-electron chi connectivity index (χ3n) is 6.42. The quantitative estimate of drug-likeness (QED) is 0.726. The number of ketones is 1. The highest BCUT2D eigenvalue weighted by atomic mass is 16.5. The predicted molar refractivity (Wildman–Crippen MR) is 89.1 cm³/mol. The lowest BCUT2D eigenvalue weighted by molar-refractivity contribution is -0.153. The van der Waals surface area contributed by atoms with Crippen LogP contribution in [0, 0.1) is 23.2 Å². The van der Waals surface area contributed by atoms with Crippen LogP contribution in [0.3, 0.4) is 0 Å². The average Bonchev–Trinajstić information content (AvgIpc) is 2.56. The molecule has 0 aromatic carbocycles. The van der Waals surface area contributed by atoms with Crippen LogP contribution in [0.4, 0.5) is 0 Å². The second kappa shape index (κ2) is 6.85. The molecule has 0 saturated heterocycles. The fourth-order valence-corrected chi connectivity index (χ4v) is 5.57.